The number of fused-ring (bicyclic) bond motifs is 4. The highest BCUT2D eigenvalue weighted by atomic mass is 15.0. The Balaban J connectivity index is 1.48. The smallest absolute Gasteiger partial charge is 0.0594 e. The third-order valence-electron chi connectivity index (χ3n) is 24.4. The van der Waals surface area contributed by atoms with Gasteiger partial charge in [0.05, 0.1) is 0 Å². The van der Waals surface area contributed by atoms with Crippen molar-refractivity contribution >= 4 is 7.85 Å². The van der Waals surface area contributed by atoms with Crippen LogP contribution in [0.5, 0.6) is 0 Å². The molecule has 1 spiro atoms. The zero-order valence-electron chi connectivity index (χ0n) is 43.4. The molecule has 61 heavy (non-hydrogen) atoms. The van der Waals surface area contributed by atoms with Gasteiger partial charge < -0.3 is 0 Å². The summed E-state index contributed by atoms with van der Waals surface area (Å²) in [6.07, 6.45) is 64.7. The average Bonchev–Trinajstić information content (AvgIpc) is 3.45. The summed E-state index contributed by atoms with van der Waals surface area (Å²) >= 11 is 0. The number of rotatable bonds is 1. The van der Waals surface area contributed by atoms with Gasteiger partial charge in [-0.1, -0.05) is 260 Å². The maximum absolute atomic E-state index is 3.13. The molecule has 0 aromatic rings. The van der Waals surface area contributed by atoms with Crippen LogP contribution in [0, 0.1) is 48.7 Å². The van der Waals surface area contributed by atoms with Crippen LogP contribution in [-0.2, 0) is 0 Å². The second-order valence-corrected chi connectivity index (χ2v) is 27.1. The van der Waals surface area contributed by atoms with E-state index in [9.17, 15) is 0 Å². The molecule has 4 bridgehead atoms. The van der Waals surface area contributed by atoms with Crippen molar-refractivity contribution in [2.24, 2.45) is 48.7 Å². The van der Waals surface area contributed by atoms with E-state index in [-0.39, 0.29) is 0 Å². The lowest BCUT2D eigenvalue weighted by Crippen LogP contribution is -2.98. The fourth-order valence-corrected chi connectivity index (χ4v) is 21.2. The Morgan fingerprint density at radius 2 is 0.525 bits per heavy atom. The molecule has 8 unspecified atom stereocenters. The first-order chi connectivity index (χ1) is 29.2. The highest BCUT2D eigenvalue weighted by molar-refractivity contribution is 6.18. The van der Waals surface area contributed by atoms with Gasteiger partial charge in [0.2, 0.25) is 0 Å². The van der Waals surface area contributed by atoms with E-state index in [2.05, 4.69) is 56.3 Å². The van der Waals surface area contributed by atoms with Crippen molar-refractivity contribution in [1.82, 2.24) is 0 Å². The lowest BCUT2D eigenvalue weighted by Gasteiger charge is -3.04. The van der Waals surface area contributed by atoms with Crippen LogP contribution in [0.25, 0.3) is 0 Å². The van der Waals surface area contributed by atoms with E-state index in [1.165, 1.54) is 250 Å². The maximum atomic E-state index is 3.13. The van der Waals surface area contributed by atoms with Gasteiger partial charge in [-0.3, -0.25) is 0 Å². The summed E-state index contributed by atoms with van der Waals surface area (Å²) in [5.74, 6) is 0. The third kappa shape index (κ3) is 7.62. The number of hydrogen-bond acceptors (Lipinski definition) is 0. The molecule has 0 aliphatic heterocycles. The molecule has 7 aliphatic carbocycles. The Kier molecular flexibility index (Phi) is 15.8. The molecule has 1 heteroatoms. The Bertz CT molecular complexity index is 1370. The fraction of sp³-hybridized carbons (Fsp3) is 1.00. The molecule has 8 atom stereocenters. The Morgan fingerprint density at radius 1 is 0.230 bits per heavy atom. The van der Waals surface area contributed by atoms with Crippen molar-refractivity contribution in [2.75, 3.05) is 0 Å². The standard InChI is InChI=1S/C60H109B/c1-51(2)41-33-25-19-13-10-8-9-11-15-22-28-38-46-55(6)58-48-40-30-24-16-12-14-20-26-36-44-53(4)49-59(58,60(55,61)50-56(51,53)7)57(52(3)42-34-31-32-35-43-52)47-39-29-23-18-17-21-27-37-45-54(57,58)5/h8-50,61H2,1-7H3. The topological polar surface area (TPSA) is 0 Å². The average molecular weight is 841 g/mol. The van der Waals surface area contributed by atoms with Crippen molar-refractivity contribution < 1.29 is 0 Å². The van der Waals surface area contributed by atoms with E-state index in [1.54, 1.807) is 25.7 Å². The summed E-state index contributed by atoms with van der Waals surface area (Å²) in [5.41, 5.74) is 3.83. The summed E-state index contributed by atoms with van der Waals surface area (Å²) in [4.78, 5) is 0. The Morgan fingerprint density at radius 3 is 0.934 bits per heavy atom. The molecule has 0 saturated heterocycles. The highest BCUT2D eigenvalue weighted by Gasteiger charge is 3.01. The van der Waals surface area contributed by atoms with E-state index < -0.39 is 0 Å². The van der Waals surface area contributed by atoms with Crippen molar-refractivity contribution in [3.8, 4) is 0 Å². The minimum atomic E-state index is 0.354. The largest absolute Gasteiger partial charge is 0.111 e. The van der Waals surface area contributed by atoms with Crippen LogP contribution >= 0.6 is 0 Å². The lowest BCUT2D eigenvalue weighted by atomic mass is 8.97. The van der Waals surface area contributed by atoms with E-state index in [4.69, 9.17) is 0 Å². The van der Waals surface area contributed by atoms with Crippen LogP contribution in [-0.4, -0.2) is 7.85 Å². The molecule has 0 aromatic heterocycles. The molecule has 7 saturated carbocycles. The van der Waals surface area contributed by atoms with Gasteiger partial charge in [-0.05, 0) is 118 Å². The first-order valence-corrected chi connectivity index (χ1v) is 29.2. The van der Waals surface area contributed by atoms with Gasteiger partial charge >= 0.3 is 0 Å². The van der Waals surface area contributed by atoms with Crippen LogP contribution in [0.2, 0.25) is 5.31 Å². The van der Waals surface area contributed by atoms with E-state index in [1.807, 2.05) is 0 Å². The molecule has 7 rings (SSSR count). The molecule has 0 heterocycles. The van der Waals surface area contributed by atoms with Gasteiger partial charge in [0.1, 0.15) is 7.85 Å². The molecule has 0 amide bonds. The Hall–Kier alpha value is 0.0649. The SMILES string of the molecule is BC12CC3(C)C(C)(C)CCCCCCCCCCCCCCC1(C)C14CCCCCCCCCCCC3(C)CC21C1(C2(C)CCCCCC2)CCCCCCCCCCC14C. The molecular weight excluding hydrogens is 731 g/mol. The maximum Gasteiger partial charge on any atom is 0.111 e. The van der Waals surface area contributed by atoms with Gasteiger partial charge in [0.25, 0.3) is 0 Å². The summed E-state index contributed by atoms with van der Waals surface area (Å²) in [7, 11) is 3.12. The predicted molar refractivity (Wildman–Crippen MR) is 271 cm³/mol. The van der Waals surface area contributed by atoms with Crippen LogP contribution in [0.1, 0.15) is 325 Å². The first-order valence-electron chi connectivity index (χ1n) is 29.2. The quantitative estimate of drug-likeness (QED) is 0.182. The van der Waals surface area contributed by atoms with Gasteiger partial charge in [0.15, 0.2) is 0 Å². The fourth-order valence-electron chi connectivity index (χ4n) is 21.2. The lowest BCUT2D eigenvalue weighted by molar-refractivity contribution is -0.535. The second-order valence-electron chi connectivity index (χ2n) is 27.1. The van der Waals surface area contributed by atoms with E-state index in [0.717, 1.165) is 0 Å². The summed E-state index contributed by atoms with van der Waals surface area (Å²) in [6.45, 7) is 20.9. The van der Waals surface area contributed by atoms with Crippen molar-refractivity contribution in [1.29, 1.82) is 0 Å². The zero-order chi connectivity index (χ0) is 43.4. The summed E-state index contributed by atoms with van der Waals surface area (Å²) in [6, 6.07) is 0. The van der Waals surface area contributed by atoms with Crippen LogP contribution in [0.15, 0.2) is 0 Å². The van der Waals surface area contributed by atoms with Crippen molar-refractivity contribution in [2.45, 2.75) is 330 Å². The molecule has 0 nitrogen and oxygen atoms in total. The molecule has 7 fully saturated rings. The van der Waals surface area contributed by atoms with Gasteiger partial charge in [-0.25, -0.2) is 0 Å². The second kappa shape index (κ2) is 19.7. The molecule has 7 aliphatic rings. The normalized spacial score (nSPS) is 45.6. The van der Waals surface area contributed by atoms with Crippen molar-refractivity contribution in [3.05, 3.63) is 0 Å². The molecule has 0 radical (unpaired) electrons. The third-order valence-corrected chi connectivity index (χ3v) is 24.4. The van der Waals surface area contributed by atoms with Gasteiger partial charge in [-0.15, -0.1) is 0 Å². The van der Waals surface area contributed by atoms with Crippen LogP contribution < -0.4 is 0 Å². The zero-order valence-corrected chi connectivity index (χ0v) is 43.4. The molecular formula is C60H109B. The monoisotopic (exact) mass is 841 g/mol. The predicted octanol–water partition coefficient (Wildman–Crippen LogP) is 19.7. The minimum absolute atomic E-state index is 0.354. The molecule has 352 valence electrons. The first kappa shape index (κ1) is 49.0. The van der Waals surface area contributed by atoms with E-state index >= 15 is 0 Å². The van der Waals surface area contributed by atoms with Crippen LogP contribution in [0.4, 0.5) is 0 Å². The Labute approximate surface area is 384 Å². The highest BCUT2D eigenvalue weighted by Crippen LogP contribution is 3.09. The van der Waals surface area contributed by atoms with Crippen molar-refractivity contribution in [3.63, 3.8) is 0 Å². The molecule has 0 aromatic carbocycles. The van der Waals surface area contributed by atoms with Gasteiger partial charge in [-0.2, -0.15) is 0 Å². The van der Waals surface area contributed by atoms with E-state index in [0.29, 0.717) is 54.0 Å². The van der Waals surface area contributed by atoms with Crippen LogP contribution in [0.3, 0.4) is 0 Å². The number of hydrogen-bond donors (Lipinski definition) is 0. The summed E-state index contributed by atoms with van der Waals surface area (Å²) < 4.78 is 0. The minimum Gasteiger partial charge on any atom is -0.0594 e. The molecule has 0 N–H and O–H groups in total. The summed E-state index contributed by atoms with van der Waals surface area (Å²) in [5, 5.41) is 0.397. The van der Waals surface area contributed by atoms with Gasteiger partial charge in [0, 0.05) is 0 Å².